The predicted molar refractivity (Wildman–Crippen MR) is 46.6 cm³/mol. The lowest BCUT2D eigenvalue weighted by atomic mass is 9.85. The van der Waals surface area contributed by atoms with E-state index in [0.29, 0.717) is 5.41 Å². The Balaban J connectivity index is 2.27. The van der Waals surface area contributed by atoms with Gasteiger partial charge in [-0.15, -0.1) is 0 Å². The van der Waals surface area contributed by atoms with Crippen LogP contribution in [0.5, 0.6) is 0 Å². The van der Waals surface area contributed by atoms with Crippen LogP contribution in [0.3, 0.4) is 0 Å². The van der Waals surface area contributed by atoms with Crippen LogP contribution < -0.4 is 0 Å². The molecule has 0 spiro atoms. The maximum atomic E-state index is 3.32. The van der Waals surface area contributed by atoms with Crippen molar-refractivity contribution in [2.24, 2.45) is 0 Å². The number of rotatable bonds is 1. The Morgan fingerprint density at radius 1 is 1.36 bits per heavy atom. The van der Waals surface area contributed by atoms with Crippen LogP contribution in [-0.4, -0.2) is 4.98 Å². The summed E-state index contributed by atoms with van der Waals surface area (Å²) in [5, 5.41) is 0. The minimum Gasteiger partial charge on any atom is -0.365 e. The van der Waals surface area contributed by atoms with Crippen LogP contribution in [0, 0.1) is 0 Å². The zero-order valence-corrected chi connectivity index (χ0v) is 7.06. The fourth-order valence-electron chi connectivity index (χ4n) is 2.13. The SMILES string of the molecule is CC1(c2ccc[nH]2)CCCC1. The molecular formula is C10H15N. The first-order chi connectivity index (χ1) is 5.31. The lowest BCUT2D eigenvalue weighted by Crippen LogP contribution is -2.16. The molecule has 0 atom stereocenters. The van der Waals surface area contributed by atoms with Gasteiger partial charge in [0.1, 0.15) is 0 Å². The highest BCUT2D eigenvalue weighted by Crippen LogP contribution is 2.39. The van der Waals surface area contributed by atoms with E-state index in [1.54, 1.807) is 0 Å². The Morgan fingerprint density at radius 3 is 2.64 bits per heavy atom. The van der Waals surface area contributed by atoms with Gasteiger partial charge in [0, 0.05) is 17.3 Å². The van der Waals surface area contributed by atoms with Gasteiger partial charge < -0.3 is 4.98 Å². The van der Waals surface area contributed by atoms with Crippen molar-refractivity contribution in [1.29, 1.82) is 0 Å². The van der Waals surface area contributed by atoms with E-state index in [9.17, 15) is 0 Å². The molecule has 1 aromatic rings. The Labute approximate surface area is 67.8 Å². The lowest BCUT2D eigenvalue weighted by molar-refractivity contribution is 0.478. The molecule has 1 saturated carbocycles. The maximum Gasteiger partial charge on any atom is 0.0207 e. The summed E-state index contributed by atoms with van der Waals surface area (Å²) in [5.74, 6) is 0. The Kier molecular flexibility index (Phi) is 1.52. The molecule has 1 heteroatoms. The molecule has 2 rings (SSSR count). The Morgan fingerprint density at radius 2 is 2.09 bits per heavy atom. The number of nitrogens with one attached hydrogen (secondary N) is 1. The zero-order chi connectivity index (χ0) is 7.73. The molecule has 1 aliphatic carbocycles. The van der Waals surface area contributed by atoms with Crippen LogP contribution in [0.25, 0.3) is 0 Å². The molecule has 0 amide bonds. The van der Waals surface area contributed by atoms with Gasteiger partial charge in [0.25, 0.3) is 0 Å². The molecule has 1 nitrogen and oxygen atoms in total. The number of hydrogen-bond donors (Lipinski definition) is 1. The molecular weight excluding hydrogens is 134 g/mol. The fraction of sp³-hybridized carbons (Fsp3) is 0.600. The third-order valence-corrected chi connectivity index (χ3v) is 2.96. The minimum absolute atomic E-state index is 0.462. The van der Waals surface area contributed by atoms with E-state index < -0.39 is 0 Å². The standard InChI is InChI=1S/C10H15N/c1-10(6-2-3-7-10)9-5-4-8-11-9/h4-5,8,11H,2-3,6-7H2,1H3. The van der Waals surface area contributed by atoms with Crippen LogP contribution in [0.15, 0.2) is 18.3 Å². The van der Waals surface area contributed by atoms with Gasteiger partial charge in [-0.1, -0.05) is 19.8 Å². The van der Waals surface area contributed by atoms with Gasteiger partial charge in [0.05, 0.1) is 0 Å². The summed E-state index contributed by atoms with van der Waals surface area (Å²) in [7, 11) is 0. The number of aromatic amines is 1. The van der Waals surface area contributed by atoms with Crippen molar-refractivity contribution in [3.8, 4) is 0 Å². The molecule has 0 aromatic carbocycles. The van der Waals surface area contributed by atoms with Crippen molar-refractivity contribution in [2.45, 2.75) is 38.0 Å². The average Bonchev–Trinajstić information content (AvgIpc) is 2.55. The van der Waals surface area contributed by atoms with Gasteiger partial charge in [-0.25, -0.2) is 0 Å². The first-order valence-electron chi connectivity index (χ1n) is 4.45. The van der Waals surface area contributed by atoms with Crippen LogP contribution in [0.4, 0.5) is 0 Å². The van der Waals surface area contributed by atoms with Gasteiger partial charge in [-0.3, -0.25) is 0 Å². The smallest absolute Gasteiger partial charge is 0.0207 e. The highest BCUT2D eigenvalue weighted by Gasteiger charge is 2.30. The molecule has 1 aromatic heterocycles. The topological polar surface area (TPSA) is 15.8 Å². The summed E-state index contributed by atoms with van der Waals surface area (Å²) < 4.78 is 0. The van der Waals surface area contributed by atoms with Gasteiger partial charge in [0.2, 0.25) is 0 Å². The van der Waals surface area contributed by atoms with Crippen molar-refractivity contribution >= 4 is 0 Å². The highest BCUT2D eigenvalue weighted by atomic mass is 14.7. The van der Waals surface area contributed by atoms with E-state index in [-0.39, 0.29) is 0 Å². The largest absolute Gasteiger partial charge is 0.365 e. The monoisotopic (exact) mass is 149 g/mol. The van der Waals surface area contributed by atoms with Crippen molar-refractivity contribution in [2.75, 3.05) is 0 Å². The average molecular weight is 149 g/mol. The van der Waals surface area contributed by atoms with E-state index in [0.717, 1.165) is 0 Å². The maximum absolute atomic E-state index is 3.32. The minimum atomic E-state index is 0.462. The molecule has 0 bridgehead atoms. The summed E-state index contributed by atoms with van der Waals surface area (Å²) in [6.45, 7) is 2.37. The zero-order valence-electron chi connectivity index (χ0n) is 7.06. The van der Waals surface area contributed by atoms with E-state index in [1.807, 2.05) is 6.20 Å². The van der Waals surface area contributed by atoms with E-state index in [2.05, 4.69) is 24.0 Å². The Hall–Kier alpha value is -0.720. The third-order valence-electron chi connectivity index (χ3n) is 2.96. The van der Waals surface area contributed by atoms with Crippen LogP contribution in [0.2, 0.25) is 0 Å². The second-order valence-electron chi connectivity index (χ2n) is 3.85. The van der Waals surface area contributed by atoms with Gasteiger partial charge >= 0.3 is 0 Å². The van der Waals surface area contributed by atoms with Gasteiger partial charge in [0.15, 0.2) is 0 Å². The third kappa shape index (κ3) is 1.09. The normalized spacial score (nSPS) is 22.3. The molecule has 11 heavy (non-hydrogen) atoms. The second-order valence-corrected chi connectivity index (χ2v) is 3.85. The van der Waals surface area contributed by atoms with Crippen LogP contribution in [-0.2, 0) is 5.41 Å². The van der Waals surface area contributed by atoms with Crippen molar-refractivity contribution in [3.63, 3.8) is 0 Å². The van der Waals surface area contributed by atoms with Crippen LogP contribution in [0.1, 0.15) is 38.3 Å². The van der Waals surface area contributed by atoms with Crippen molar-refractivity contribution < 1.29 is 0 Å². The molecule has 60 valence electrons. The molecule has 0 aliphatic heterocycles. The van der Waals surface area contributed by atoms with Crippen LogP contribution >= 0.6 is 0 Å². The molecule has 0 unspecified atom stereocenters. The number of H-pyrrole nitrogens is 1. The van der Waals surface area contributed by atoms with Crippen molar-refractivity contribution in [3.05, 3.63) is 24.0 Å². The second kappa shape index (κ2) is 2.40. The van der Waals surface area contributed by atoms with Crippen molar-refractivity contribution in [1.82, 2.24) is 4.98 Å². The number of hydrogen-bond acceptors (Lipinski definition) is 0. The van der Waals surface area contributed by atoms with Gasteiger partial charge in [-0.2, -0.15) is 0 Å². The summed E-state index contributed by atoms with van der Waals surface area (Å²) in [6.07, 6.45) is 7.53. The summed E-state index contributed by atoms with van der Waals surface area (Å²) in [4.78, 5) is 3.32. The van der Waals surface area contributed by atoms with E-state index >= 15 is 0 Å². The summed E-state index contributed by atoms with van der Waals surface area (Å²) >= 11 is 0. The fourth-order valence-corrected chi connectivity index (χ4v) is 2.13. The van der Waals surface area contributed by atoms with E-state index in [4.69, 9.17) is 0 Å². The summed E-state index contributed by atoms with van der Waals surface area (Å²) in [6, 6.07) is 4.31. The van der Waals surface area contributed by atoms with E-state index in [1.165, 1.54) is 31.4 Å². The molecule has 1 fully saturated rings. The highest BCUT2D eigenvalue weighted by molar-refractivity contribution is 5.17. The number of aromatic nitrogens is 1. The molecule has 0 radical (unpaired) electrons. The molecule has 0 saturated heterocycles. The first kappa shape index (κ1) is 6.96. The lowest BCUT2D eigenvalue weighted by Gasteiger charge is -2.21. The quantitative estimate of drug-likeness (QED) is 0.632. The van der Waals surface area contributed by atoms with Gasteiger partial charge in [-0.05, 0) is 25.0 Å². The molecule has 1 heterocycles. The molecule has 1 aliphatic rings. The Bertz CT molecular complexity index is 217. The first-order valence-corrected chi connectivity index (χ1v) is 4.45. The molecule has 1 N–H and O–H groups in total. The predicted octanol–water partition coefficient (Wildman–Crippen LogP) is 2.85. The summed E-state index contributed by atoms with van der Waals surface area (Å²) in [5.41, 5.74) is 1.89.